The largest absolute Gasteiger partial charge is 0.478 e. The number of halogens is 8. The van der Waals surface area contributed by atoms with Crippen LogP contribution >= 0.6 is 0 Å². The van der Waals surface area contributed by atoms with Crippen molar-refractivity contribution in [2.75, 3.05) is 26.4 Å². The lowest BCUT2D eigenvalue weighted by molar-refractivity contribution is -0.376. The first-order valence-electron chi connectivity index (χ1n) is 6.89. The number of aliphatic carboxylic acids is 2. The summed E-state index contributed by atoms with van der Waals surface area (Å²) in [6, 6.07) is 0. The molecule has 0 bridgehead atoms. The standard InChI is InChI=1S/C14H14F8O6/c1-7(9(23)24)3-27-5-11(15,16)13(19,20)14(21,22)12(17,18)6-28-4-8(2)10(25)26/h1-6H2,(H,23,24)(H,25,26). The van der Waals surface area contributed by atoms with Crippen LogP contribution in [0.2, 0.25) is 0 Å². The lowest BCUT2D eigenvalue weighted by atomic mass is 9.99. The van der Waals surface area contributed by atoms with Gasteiger partial charge in [0.1, 0.15) is 13.2 Å². The second-order valence-electron chi connectivity index (χ2n) is 5.36. The van der Waals surface area contributed by atoms with Crippen LogP contribution in [-0.2, 0) is 19.1 Å². The minimum atomic E-state index is -6.65. The molecule has 0 aromatic heterocycles. The Labute approximate surface area is 152 Å². The molecule has 6 nitrogen and oxygen atoms in total. The zero-order chi connectivity index (χ0) is 22.6. The Bertz CT molecular complexity index is 577. The predicted molar refractivity (Wildman–Crippen MR) is 75.0 cm³/mol. The monoisotopic (exact) mass is 430 g/mol. The van der Waals surface area contributed by atoms with E-state index in [1.54, 1.807) is 0 Å². The van der Waals surface area contributed by atoms with E-state index in [0.717, 1.165) is 0 Å². The number of carboxylic acid groups (broad SMARTS) is 2. The van der Waals surface area contributed by atoms with Crippen molar-refractivity contribution < 1.29 is 64.4 Å². The molecule has 0 rings (SSSR count). The van der Waals surface area contributed by atoms with Crippen molar-refractivity contribution in [3.05, 3.63) is 24.3 Å². The number of carbonyl (C=O) groups is 2. The number of hydrogen-bond acceptors (Lipinski definition) is 4. The van der Waals surface area contributed by atoms with E-state index in [2.05, 4.69) is 22.6 Å². The van der Waals surface area contributed by atoms with Crippen LogP contribution in [0.15, 0.2) is 24.3 Å². The molecule has 2 N–H and O–H groups in total. The second-order valence-corrected chi connectivity index (χ2v) is 5.36. The highest BCUT2D eigenvalue weighted by Crippen LogP contribution is 2.52. The molecule has 0 amide bonds. The molecule has 162 valence electrons. The van der Waals surface area contributed by atoms with Gasteiger partial charge in [-0.15, -0.1) is 0 Å². The Hall–Kier alpha value is -2.22. The van der Waals surface area contributed by atoms with Crippen LogP contribution in [0, 0.1) is 0 Å². The van der Waals surface area contributed by atoms with Crippen molar-refractivity contribution in [3.63, 3.8) is 0 Å². The summed E-state index contributed by atoms with van der Waals surface area (Å²) in [6.45, 7) is -1.97. The fourth-order valence-corrected chi connectivity index (χ4v) is 1.37. The summed E-state index contributed by atoms with van der Waals surface area (Å²) in [4.78, 5) is 20.7. The Kier molecular flexibility index (Phi) is 8.15. The van der Waals surface area contributed by atoms with Gasteiger partial charge in [0.15, 0.2) is 0 Å². The van der Waals surface area contributed by atoms with E-state index in [1.165, 1.54) is 0 Å². The van der Waals surface area contributed by atoms with Crippen LogP contribution in [0.3, 0.4) is 0 Å². The predicted octanol–water partition coefficient (Wildman–Crippen LogP) is 2.84. The Morgan fingerprint density at radius 2 is 0.929 bits per heavy atom. The lowest BCUT2D eigenvalue weighted by Crippen LogP contribution is -2.64. The zero-order valence-electron chi connectivity index (χ0n) is 13.8. The van der Waals surface area contributed by atoms with Crippen LogP contribution in [0.25, 0.3) is 0 Å². The average Bonchev–Trinajstić information content (AvgIpc) is 2.53. The summed E-state index contributed by atoms with van der Waals surface area (Å²) in [5, 5.41) is 16.7. The number of rotatable bonds is 13. The number of ether oxygens (including phenoxy) is 2. The molecule has 0 fully saturated rings. The number of hydrogen-bond donors (Lipinski definition) is 2. The van der Waals surface area contributed by atoms with Crippen molar-refractivity contribution >= 4 is 11.9 Å². The van der Waals surface area contributed by atoms with E-state index in [-0.39, 0.29) is 0 Å². The summed E-state index contributed by atoms with van der Waals surface area (Å²) in [6.07, 6.45) is 0. The summed E-state index contributed by atoms with van der Waals surface area (Å²) >= 11 is 0. The van der Waals surface area contributed by atoms with Gasteiger partial charge < -0.3 is 19.7 Å². The number of carboxylic acids is 2. The molecular formula is C14H14F8O6. The minimum Gasteiger partial charge on any atom is -0.478 e. The molecule has 0 aliphatic carbocycles. The van der Waals surface area contributed by atoms with Crippen molar-refractivity contribution in [1.82, 2.24) is 0 Å². The fraction of sp³-hybridized carbons (Fsp3) is 0.571. The maximum absolute atomic E-state index is 13.5. The fourth-order valence-electron chi connectivity index (χ4n) is 1.37. The summed E-state index contributed by atoms with van der Waals surface area (Å²) in [5.74, 6) is -28.5. The van der Waals surface area contributed by atoms with Gasteiger partial charge >= 0.3 is 35.6 Å². The van der Waals surface area contributed by atoms with E-state index >= 15 is 0 Å². The molecule has 0 aliphatic rings. The first-order chi connectivity index (χ1) is 12.4. The first kappa shape index (κ1) is 25.8. The Morgan fingerprint density at radius 3 is 1.14 bits per heavy atom. The van der Waals surface area contributed by atoms with Gasteiger partial charge in [-0.2, -0.15) is 35.1 Å². The lowest BCUT2D eigenvalue weighted by Gasteiger charge is -2.36. The van der Waals surface area contributed by atoms with Gasteiger partial charge in [-0.25, -0.2) is 9.59 Å². The third-order valence-corrected chi connectivity index (χ3v) is 3.04. The minimum absolute atomic E-state index is 0.886. The van der Waals surface area contributed by atoms with Crippen LogP contribution in [0.5, 0.6) is 0 Å². The Morgan fingerprint density at radius 1 is 0.679 bits per heavy atom. The van der Waals surface area contributed by atoms with E-state index in [4.69, 9.17) is 10.2 Å². The molecule has 0 radical (unpaired) electrons. The van der Waals surface area contributed by atoms with Gasteiger partial charge in [-0.1, -0.05) is 13.2 Å². The molecule has 28 heavy (non-hydrogen) atoms. The van der Waals surface area contributed by atoms with Crippen LogP contribution in [0.4, 0.5) is 35.1 Å². The molecule has 14 heteroatoms. The van der Waals surface area contributed by atoms with Crippen molar-refractivity contribution in [2.45, 2.75) is 23.7 Å². The normalized spacial score (nSPS) is 13.3. The SMILES string of the molecule is C=C(COCC(F)(F)C(F)(F)C(F)(F)C(F)(F)COCC(=C)C(=O)O)C(=O)O. The first-order valence-corrected chi connectivity index (χ1v) is 6.89. The summed E-state index contributed by atoms with van der Waals surface area (Å²) in [5.41, 5.74) is -1.77. The topological polar surface area (TPSA) is 93.1 Å². The van der Waals surface area contributed by atoms with Crippen LogP contribution in [0.1, 0.15) is 0 Å². The van der Waals surface area contributed by atoms with E-state index in [9.17, 15) is 44.7 Å². The summed E-state index contributed by atoms with van der Waals surface area (Å²) < 4.78 is 115. The highest BCUT2D eigenvalue weighted by atomic mass is 19.4. The van der Waals surface area contributed by atoms with Crippen LogP contribution < -0.4 is 0 Å². The molecule has 0 saturated heterocycles. The smallest absolute Gasteiger partial charge is 0.380 e. The van der Waals surface area contributed by atoms with Gasteiger partial charge in [-0.3, -0.25) is 0 Å². The van der Waals surface area contributed by atoms with E-state index < -0.39 is 73.2 Å². The molecule has 0 atom stereocenters. The van der Waals surface area contributed by atoms with Crippen LogP contribution in [-0.4, -0.2) is 72.3 Å². The molecule has 0 saturated carbocycles. The molecule has 0 heterocycles. The molecule has 0 aliphatic heterocycles. The average molecular weight is 430 g/mol. The van der Waals surface area contributed by atoms with E-state index in [0.29, 0.717) is 0 Å². The highest BCUT2D eigenvalue weighted by Gasteiger charge is 2.80. The molecule has 0 spiro atoms. The number of alkyl halides is 8. The molecule has 0 unspecified atom stereocenters. The maximum Gasteiger partial charge on any atom is 0.380 e. The third-order valence-electron chi connectivity index (χ3n) is 3.04. The summed E-state index contributed by atoms with van der Waals surface area (Å²) in [7, 11) is 0. The van der Waals surface area contributed by atoms with Gasteiger partial charge in [-0.05, 0) is 0 Å². The van der Waals surface area contributed by atoms with Gasteiger partial charge in [0.25, 0.3) is 0 Å². The third kappa shape index (κ3) is 5.64. The molecular weight excluding hydrogens is 416 g/mol. The van der Waals surface area contributed by atoms with Gasteiger partial charge in [0.05, 0.1) is 24.4 Å². The van der Waals surface area contributed by atoms with Gasteiger partial charge in [0, 0.05) is 0 Å². The second kappa shape index (κ2) is 8.86. The zero-order valence-corrected chi connectivity index (χ0v) is 13.8. The Balaban J connectivity index is 5.23. The van der Waals surface area contributed by atoms with Crippen molar-refractivity contribution in [3.8, 4) is 0 Å². The quantitative estimate of drug-likeness (QED) is 0.345. The molecule has 0 aromatic rings. The maximum atomic E-state index is 13.5. The highest BCUT2D eigenvalue weighted by molar-refractivity contribution is 5.86. The van der Waals surface area contributed by atoms with Crippen molar-refractivity contribution in [2.24, 2.45) is 0 Å². The van der Waals surface area contributed by atoms with Crippen molar-refractivity contribution in [1.29, 1.82) is 0 Å². The molecule has 0 aromatic carbocycles. The van der Waals surface area contributed by atoms with Gasteiger partial charge in [0.2, 0.25) is 0 Å². The van der Waals surface area contributed by atoms with E-state index in [1.807, 2.05) is 0 Å².